The van der Waals surface area contributed by atoms with Gasteiger partial charge in [-0.2, -0.15) is 0 Å². The number of nitrogens with zero attached hydrogens (tertiary/aromatic N) is 1. The Balaban J connectivity index is 4.19. The summed E-state index contributed by atoms with van der Waals surface area (Å²) in [5.74, 6) is 0.121. The van der Waals surface area contributed by atoms with E-state index in [1.165, 1.54) is 0 Å². The van der Waals surface area contributed by atoms with Gasteiger partial charge in [-0.25, -0.2) is 0 Å². The van der Waals surface area contributed by atoms with Crippen molar-refractivity contribution >= 4 is 17.5 Å². The molecule has 2 N–H and O–H groups in total. The van der Waals surface area contributed by atoms with E-state index in [2.05, 4.69) is 5.32 Å². The number of rotatable bonds is 6. The number of amides is 1. The number of likely N-dealkylation sites (N-methyl/N-ethyl adjacent to an activating group) is 1. The number of hydrogen-bond acceptors (Lipinski definition) is 3. The van der Waals surface area contributed by atoms with Gasteiger partial charge < -0.3 is 15.3 Å². The van der Waals surface area contributed by atoms with Crippen LogP contribution >= 0.6 is 11.6 Å². The predicted molar refractivity (Wildman–Crippen MR) is 66.7 cm³/mol. The van der Waals surface area contributed by atoms with Gasteiger partial charge in [0.25, 0.3) is 0 Å². The van der Waals surface area contributed by atoms with Gasteiger partial charge in [-0.05, 0) is 34.9 Å². The Labute approximate surface area is 103 Å². The van der Waals surface area contributed by atoms with E-state index in [0.717, 1.165) is 0 Å². The van der Waals surface area contributed by atoms with Crippen molar-refractivity contribution in [3.8, 4) is 0 Å². The minimum absolute atomic E-state index is 0.137. The third-order valence-corrected chi connectivity index (χ3v) is 2.90. The highest BCUT2D eigenvalue weighted by atomic mass is 35.5. The maximum absolute atomic E-state index is 11.7. The number of nitrogens with one attached hydrogen (secondary N) is 1. The molecular formula is C11H23ClN2O2. The van der Waals surface area contributed by atoms with Crippen LogP contribution in [-0.2, 0) is 4.79 Å². The van der Waals surface area contributed by atoms with Crippen LogP contribution in [0.4, 0.5) is 0 Å². The number of carbonyl (C=O) groups excluding carboxylic acids is 1. The Morgan fingerprint density at radius 2 is 1.88 bits per heavy atom. The van der Waals surface area contributed by atoms with Crippen molar-refractivity contribution in [2.75, 3.05) is 33.1 Å². The molecule has 0 saturated heterocycles. The molecule has 0 aliphatic rings. The van der Waals surface area contributed by atoms with Crippen molar-refractivity contribution in [3.63, 3.8) is 0 Å². The number of alkyl halides is 1. The number of hydrogen-bond donors (Lipinski definition) is 2. The lowest BCUT2D eigenvalue weighted by Crippen LogP contribution is -2.50. The van der Waals surface area contributed by atoms with Gasteiger partial charge in [-0.1, -0.05) is 0 Å². The van der Waals surface area contributed by atoms with Crippen LogP contribution in [0.25, 0.3) is 0 Å². The molecule has 5 heteroatoms. The van der Waals surface area contributed by atoms with Gasteiger partial charge in [0.15, 0.2) is 0 Å². The summed E-state index contributed by atoms with van der Waals surface area (Å²) in [4.78, 5) is 13.6. The summed E-state index contributed by atoms with van der Waals surface area (Å²) in [5.41, 5.74) is -1.53. The van der Waals surface area contributed by atoms with E-state index in [-0.39, 0.29) is 18.3 Å². The molecule has 0 heterocycles. The van der Waals surface area contributed by atoms with Gasteiger partial charge >= 0.3 is 0 Å². The van der Waals surface area contributed by atoms with Crippen molar-refractivity contribution in [2.45, 2.75) is 26.4 Å². The molecule has 1 amide bonds. The summed E-state index contributed by atoms with van der Waals surface area (Å²) in [6.07, 6.45) is 0. The van der Waals surface area contributed by atoms with Crippen molar-refractivity contribution in [2.24, 2.45) is 5.41 Å². The summed E-state index contributed by atoms with van der Waals surface area (Å²) < 4.78 is 0. The molecule has 0 aliphatic carbocycles. The largest absolute Gasteiger partial charge is 0.387 e. The maximum atomic E-state index is 11.7. The molecule has 96 valence electrons. The van der Waals surface area contributed by atoms with Crippen LogP contribution in [0.15, 0.2) is 0 Å². The second kappa shape index (κ2) is 5.84. The third kappa shape index (κ3) is 5.68. The molecule has 1 unspecified atom stereocenters. The first-order chi connectivity index (χ1) is 7.10. The predicted octanol–water partition coefficient (Wildman–Crippen LogP) is 0.680. The molecule has 16 heavy (non-hydrogen) atoms. The lowest BCUT2D eigenvalue weighted by Gasteiger charge is -2.29. The van der Waals surface area contributed by atoms with E-state index in [9.17, 15) is 9.90 Å². The smallest absolute Gasteiger partial charge is 0.226 e. The minimum atomic E-state index is -0.929. The molecule has 0 aromatic carbocycles. The van der Waals surface area contributed by atoms with Crippen LogP contribution < -0.4 is 5.32 Å². The zero-order valence-electron chi connectivity index (χ0n) is 10.8. The zero-order chi connectivity index (χ0) is 13.0. The first-order valence-electron chi connectivity index (χ1n) is 5.32. The molecule has 0 radical (unpaired) electrons. The highest BCUT2D eigenvalue weighted by Crippen LogP contribution is 2.17. The molecule has 0 aromatic rings. The molecule has 0 rings (SSSR count). The molecule has 0 aliphatic heterocycles. The second-order valence-electron chi connectivity index (χ2n) is 5.43. The maximum Gasteiger partial charge on any atom is 0.226 e. The first kappa shape index (κ1) is 15.7. The van der Waals surface area contributed by atoms with E-state index in [4.69, 9.17) is 11.6 Å². The summed E-state index contributed by atoms with van der Waals surface area (Å²) in [6, 6.07) is 0. The van der Waals surface area contributed by atoms with Gasteiger partial charge in [0, 0.05) is 19.0 Å². The quantitative estimate of drug-likeness (QED) is 0.682. The highest BCUT2D eigenvalue weighted by Gasteiger charge is 2.29. The average molecular weight is 251 g/mol. The van der Waals surface area contributed by atoms with Gasteiger partial charge in [0.2, 0.25) is 5.91 Å². The van der Waals surface area contributed by atoms with Crippen molar-refractivity contribution in [1.29, 1.82) is 0 Å². The van der Waals surface area contributed by atoms with E-state index in [0.29, 0.717) is 6.54 Å². The van der Waals surface area contributed by atoms with Crippen LogP contribution in [-0.4, -0.2) is 54.6 Å². The molecule has 0 saturated carbocycles. The zero-order valence-corrected chi connectivity index (χ0v) is 11.6. The van der Waals surface area contributed by atoms with Crippen LogP contribution in [0.3, 0.4) is 0 Å². The average Bonchev–Trinajstić information content (AvgIpc) is 2.12. The summed E-state index contributed by atoms with van der Waals surface area (Å²) in [6.45, 7) is 5.96. The fourth-order valence-corrected chi connectivity index (χ4v) is 1.43. The topological polar surface area (TPSA) is 52.6 Å². The Kier molecular flexibility index (Phi) is 5.73. The SMILES string of the molecule is CN(C)CC(C)(O)CNC(=O)C(C)(C)CCl. The van der Waals surface area contributed by atoms with E-state index in [1.54, 1.807) is 20.8 Å². The second-order valence-corrected chi connectivity index (χ2v) is 5.70. The molecule has 1 atom stereocenters. The fourth-order valence-electron chi connectivity index (χ4n) is 1.31. The van der Waals surface area contributed by atoms with Crippen molar-refractivity contribution in [1.82, 2.24) is 10.2 Å². The van der Waals surface area contributed by atoms with Crippen molar-refractivity contribution < 1.29 is 9.90 Å². The van der Waals surface area contributed by atoms with Gasteiger partial charge in [0.1, 0.15) is 0 Å². The minimum Gasteiger partial charge on any atom is -0.387 e. The Morgan fingerprint density at radius 3 is 2.25 bits per heavy atom. The van der Waals surface area contributed by atoms with Crippen molar-refractivity contribution in [3.05, 3.63) is 0 Å². The molecule has 0 spiro atoms. The summed E-state index contributed by atoms with van der Waals surface area (Å²) in [7, 11) is 3.75. The lowest BCUT2D eigenvalue weighted by molar-refractivity contribution is -0.129. The lowest BCUT2D eigenvalue weighted by atomic mass is 9.94. The molecule has 4 nitrogen and oxygen atoms in total. The van der Waals surface area contributed by atoms with E-state index >= 15 is 0 Å². The summed E-state index contributed by atoms with van der Waals surface area (Å²) >= 11 is 5.69. The molecular weight excluding hydrogens is 228 g/mol. The van der Waals surface area contributed by atoms with E-state index in [1.807, 2.05) is 19.0 Å². The first-order valence-corrected chi connectivity index (χ1v) is 5.85. The Hall–Kier alpha value is -0.320. The fraction of sp³-hybridized carbons (Fsp3) is 0.909. The molecule has 0 bridgehead atoms. The monoisotopic (exact) mass is 250 g/mol. The van der Waals surface area contributed by atoms with Crippen LogP contribution in [0.2, 0.25) is 0 Å². The Bertz CT molecular complexity index is 240. The number of carbonyl (C=O) groups is 1. The third-order valence-electron chi connectivity index (χ3n) is 2.24. The van der Waals surface area contributed by atoms with Crippen LogP contribution in [0.5, 0.6) is 0 Å². The van der Waals surface area contributed by atoms with Gasteiger partial charge in [-0.3, -0.25) is 4.79 Å². The van der Waals surface area contributed by atoms with Gasteiger partial charge in [-0.15, -0.1) is 11.6 Å². The normalized spacial score (nSPS) is 16.0. The van der Waals surface area contributed by atoms with Crippen LogP contribution in [0, 0.1) is 5.41 Å². The number of aliphatic hydroxyl groups is 1. The van der Waals surface area contributed by atoms with Gasteiger partial charge in [0.05, 0.1) is 11.0 Å². The number of halogens is 1. The molecule has 0 fully saturated rings. The van der Waals surface area contributed by atoms with Crippen LogP contribution in [0.1, 0.15) is 20.8 Å². The Morgan fingerprint density at radius 1 is 1.38 bits per heavy atom. The van der Waals surface area contributed by atoms with E-state index < -0.39 is 11.0 Å². The molecule has 0 aromatic heterocycles. The highest BCUT2D eigenvalue weighted by molar-refractivity contribution is 6.19. The summed E-state index contributed by atoms with van der Waals surface area (Å²) in [5, 5.41) is 12.7. The standard InChI is InChI=1S/C11H23ClN2O2/c1-10(2,6-12)9(15)13-7-11(3,16)8-14(4)5/h16H,6-8H2,1-5H3,(H,13,15).